The van der Waals surface area contributed by atoms with Crippen molar-refractivity contribution in [1.29, 1.82) is 5.26 Å². The Labute approximate surface area is 127 Å². The minimum Gasteiger partial charge on any atom is -0.487 e. The molecule has 2 rings (SSSR count). The molecule has 0 heterocycles. The Hall–Kier alpha value is -3.04. The van der Waals surface area contributed by atoms with Crippen molar-refractivity contribution in [2.24, 2.45) is 5.73 Å². The van der Waals surface area contributed by atoms with Crippen LogP contribution in [0.1, 0.15) is 15.9 Å². The number of hydrogen-bond acceptors (Lipinski definition) is 5. The average molecular weight is 298 g/mol. The number of nitrogens with zero attached hydrogens (tertiary/aromatic N) is 1. The molecule has 3 N–H and O–H groups in total. The van der Waals surface area contributed by atoms with Crippen molar-refractivity contribution >= 4 is 5.97 Å². The number of nitriles is 1. The molecule has 22 heavy (non-hydrogen) atoms. The fourth-order valence-electron chi connectivity index (χ4n) is 1.79. The first-order valence-electron chi connectivity index (χ1n) is 6.53. The lowest BCUT2D eigenvalue weighted by atomic mass is 10.2. The first-order chi connectivity index (χ1) is 10.7. The minimum atomic E-state index is -1.01. The molecule has 0 aliphatic heterocycles. The standard InChI is InChI=1S/C16H14N2O4/c17-8-9-21-15-12(10-18)2-1-3-14(15)22-13-6-4-11(5-7-13)16(19)20/h1-7H,8-9,17H2,(H,19,20). The van der Waals surface area contributed by atoms with Gasteiger partial charge in [0.2, 0.25) is 0 Å². The molecule has 0 amide bonds. The van der Waals surface area contributed by atoms with E-state index in [1.807, 2.05) is 6.07 Å². The van der Waals surface area contributed by atoms with Crippen molar-refractivity contribution < 1.29 is 19.4 Å². The number of carbonyl (C=O) groups is 1. The SMILES string of the molecule is N#Cc1cccc(Oc2ccc(C(=O)O)cc2)c1OCCN. The van der Waals surface area contributed by atoms with Gasteiger partial charge in [0.25, 0.3) is 0 Å². The van der Waals surface area contributed by atoms with Gasteiger partial charge in [-0.05, 0) is 36.4 Å². The summed E-state index contributed by atoms with van der Waals surface area (Å²) in [5.74, 6) is 0.121. The molecule has 2 aromatic carbocycles. The maximum atomic E-state index is 10.8. The molecule has 0 aliphatic carbocycles. The average Bonchev–Trinajstić information content (AvgIpc) is 2.54. The van der Waals surface area contributed by atoms with Crippen LogP contribution in [-0.2, 0) is 0 Å². The molecule has 0 saturated heterocycles. The van der Waals surface area contributed by atoms with Gasteiger partial charge in [-0.2, -0.15) is 5.26 Å². The second-order valence-corrected chi connectivity index (χ2v) is 4.31. The molecule has 0 atom stereocenters. The van der Waals surface area contributed by atoms with Crippen LogP contribution >= 0.6 is 0 Å². The summed E-state index contributed by atoms with van der Waals surface area (Å²) in [4.78, 5) is 10.8. The lowest BCUT2D eigenvalue weighted by Gasteiger charge is -2.13. The molecular weight excluding hydrogens is 284 g/mol. The van der Waals surface area contributed by atoms with Crippen molar-refractivity contribution in [3.05, 3.63) is 53.6 Å². The van der Waals surface area contributed by atoms with E-state index in [0.29, 0.717) is 29.4 Å². The zero-order chi connectivity index (χ0) is 15.9. The maximum absolute atomic E-state index is 10.8. The monoisotopic (exact) mass is 298 g/mol. The Bertz CT molecular complexity index is 705. The summed E-state index contributed by atoms with van der Waals surface area (Å²) in [7, 11) is 0. The van der Waals surface area contributed by atoms with E-state index >= 15 is 0 Å². The Morgan fingerprint density at radius 1 is 1.23 bits per heavy atom. The van der Waals surface area contributed by atoms with Gasteiger partial charge in [-0.3, -0.25) is 0 Å². The summed E-state index contributed by atoms with van der Waals surface area (Å²) in [5, 5.41) is 18.0. The second kappa shape index (κ2) is 7.11. The van der Waals surface area contributed by atoms with E-state index in [2.05, 4.69) is 0 Å². The molecule has 6 nitrogen and oxygen atoms in total. The topological polar surface area (TPSA) is 106 Å². The molecule has 0 fully saturated rings. The third-order valence-electron chi connectivity index (χ3n) is 2.79. The lowest BCUT2D eigenvalue weighted by molar-refractivity contribution is 0.0697. The van der Waals surface area contributed by atoms with E-state index in [9.17, 15) is 4.79 Å². The van der Waals surface area contributed by atoms with Crippen molar-refractivity contribution in [1.82, 2.24) is 0 Å². The molecule has 2 aromatic rings. The van der Waals surface area contributed by atoms with E-state index in [1.54, 1.807) is 18.2 Å². The lowest BCUT2D eigenvalue weighted by Crippen LogP contribution is -2.11. The Morgan fingerprint density at radius 3 is 2.55 bits per heavy atom. The Morgan fingerprint density at radius 2 is 1.95 bits per heavy atom. The highest BCUT2D eigenvalue weighted by molar-refractivity contribution is 5.87. The van der Waals surface area contributed by atoms with Crippen LogP contribution in [0.5, 0.6) is 17.2 Å². The number of carboxylic acid groups (broad SMARTS) is 1. The van der Waals surface area contributed by atoms with Crippen LogP contribution in [0.25, 0.3) is 0 Å². The first-order valence-corrected chi connectivity index (χ1v) is 6.53. The normalized spacial score (nSPS) is 9.82. The van der Waals surface area contributed by atoms with Gasteiger partial charge >= 0.3 is 5.97 Å². The molecule has 0 radical (unpaired) electrons. The van der Waals surface area contributed by atoms with E-state index in [-0.39, 0.29) is 12.2 Å². The molecule has 0 bridgehead atoms. The largest absolute Gasteiger partial charge is 0.487 e. The number of aromatic carboxylic acids is 1. The molecule has 6 heteroatoms. The van der Waals surface area contributed by atoms with Crippen LogP contribution < -0.4 is 15.2 Å². The van der Waals surface area contributed by atoms with Gasteiger partial charge in [0.05, 0.1) is 11.1 Å². The van der Waals surface area contributed by atoms with Crippen molar-refractivity contribution in [3.8, 4) is 23.3 Å². The summed E-state index contributed by atoms with van der Waals surface area (Å²) in [6.07, 6.45) is 0. The highest BCUT2D eigenvalue weighted by Gasteiger charge is 2.12. The van der Waals surface area contributed by atoms with E-state index in [0.717, 1.165) is 0 Å². The molecule has 0 aliphatic rings. The Kier molecular flexibility index (Phi) is 4.96. The zero-order valence-corrected chi connectivity index (χ0v) is 11.7. The highest BCUT2D eigenvalue weighted by atomic mass is 16.5. The van der Waals surface area contributed by atoms with Gasteiger partial charge < -0.3 is 20.3 Å². The summed E-state index contributed by atoms with van der Waals surface area (Å²) in [6.45, 7) is 0.569. The highest BCUT2D eigenvalue weighted by Crippen LogP contribution is 2.34. The number of hydrogen-bond donors (Lipinski definition) is 2. The van der Waals surface area contributed by atoms with Crippen LogP contribution in [0.4, 0.5) is 0 Å². The first kappa shape index (κ1) is 15.4. The molecule has 0 saturated carbocycles. The van der Waals surface area contributed by atoms with Crippen LogP contribution in [0.2, 0.25) is 0 Å². The van der Waals surface area contributed by atoms with Gasteiger partial charge in [0.1, 0.15) is 18.4 Å². The van der Waals surface area contributed by atoms with Gasteiger partial charge in [-0.25, -0.2) is 4.79 Å². The number of benzene rings is 2. The zero-order valence-electron chi connectivity index (χ0n) is 11.7. The molecule has 0 spiro atoms. The predicted octanol–water partition coefficient (Wildman–Crippen LogP) is 2.39. The number of carboxylic acids is 1. The van der Waals surface area contributed by atoms with Crippen LogP contribution in [-0.4, -0.2) is 24.2 Å². The van der Waals surface area contributed by atoms with Crippen molar-refractivity contribution in [2.75, 3.05) is 13.2 Å². The van der Waals surface area contributed by atoms with E-state index < -0.39 is 5.97 Å². The minimum absolute atomic E-state index is 0.165. The maximum Gasteiger partial charge on any atom is 0.335 e. The molecule has 0 unspecified atom stereocenters. The smallest absolute Gasteiger partial charge is 0.335 e. The third-order valence-corrected chi connectivity index (χ3v) is 2.79. The van der Waals surface area contributed by atoms with Crippen LogP contribution in [0.3, 0.4) is 0 Å². The van der Waals surface area contributed by atoms with Crippen molar-refractivity contribution in [2.45, 2.75) is 0 Å². The fourth-order valence-corrected chi connectivity index (χ4v) is 1.79. The van der Waals surface area contributed by atoms with Crippen molar-refractivity contribution in [3.63, 3.8) is 0 Å². The van der Waals surface area contributed by atoms with Crippen LogP contribution in [0.15, 0.2) is 42.5 Å². The Balaban J connectivity index is 2.28. The van der Waals surface area contributed by atoms with Gasteiger partial charge in [0, 0.05) is 6.54 Å². The number of nitrogens with two attached hydrogens (primary N) is 1. The quantitative estimate of drug-likeness (QED) is 0.848. The summed E-state index contributed by atoms with van der Waals surface area (Å²) in [6, 6.07) is 12.9. The number of para-hydroxylation sites is 1. The number of ether oxygens (including phenoxy) is 2. The number of rotatable bonds is 6. The van der Waals surface area contributed by atoms with E-state index in [4.69, 9.17) is 25.6 Å². The van der Waals surface area contributed by atoms with Gasteiger partial charge in [-0.1, -0.05) is 6.07 Å². The summed E-state index contributed by atoms with van der Waals surface area (Å²) < 4.78 is 11.1. The van der Waals surface area contributed by atoms with E-state index in [1.165, 1.54) is 24.3 Å². The third kappa shape index (κ3) is 3.53. The molecule has 112 valence electrons. The second-order valence-electron chi connectivity index (χ2n) is 4.31. The van der Waals surface area contributed by atoms with Crippen LogP contribution in [0, 0.1) is 11.3 Å². The molecular formula is C16H14N2O4. The predicted molar refractivity (Wildman–Crippen MR) is 79.2 cm³/mol. The van der Waals surface area contributed by atoms with Gasteiger partial charge in [-0.15, -0.1) is 0 Å². The van der Waals surface area contributed by atoms with Gasteiger partial charge in [0.15, 0.2) is 11.5 Å². The fraction of sp³-hybridized carbons (Fsp3) is 0.125. The summed E-state index contributed by atoms with van der Waals surface area (Å²) in [5.41, 5.74) is 5.92. The summed E-state index contributed by atoms with van der Waals surface area (Å²) >= 11 is 0. The molecule has 0 aromatic heterocycles.